The smallest absolute Gasteiger partial charge is 0.194 e. The van der Waals surface area contributed by atoms with Crippen LogP contribution in [0.2, 0.25) is 0 Å². The molecular weight excluding hydrogens is 472 g/mol. The number of aromatic nitrogens is 2. The number of nitrogens with one attached hydrogen (secondary N) is 1. The number of benzene rings is 1. The van der Waals surface area contributed by atoms with Crippen LogP contribution in [0.15, 0.2) is 29.4 Å². The number of methoxy groups -OCH3 is 1. The summed E-state index contributed by atoms with van der Waals surface area (Å²) >= 11 is 0. The molecule has 0 fully saturated rings. The van der Waals surface area contributed by atoms with Crippen molar-refractivity contribution in [3.8, 4) is 5.75 Å². The second-order valence-corrected chi connectivity index (χ2v) is 6.86. The highest BCUT2D eigenvalue weighted by molar-refractivity contribution is 14.0. The van der Waals surface area contributed by atoms with Gasteiger partial charge in [-0.1, -0.05) is 19.9 Å². The van der Waals surface area contributed by atoms with E-state index in [9.17, 15) is 4.39 Å². The lowest BCUT2D eigenvalue weighted by atomic mass is 10.1. The van der Waals surface area contributed by atoms with Gasteiger partial charge in [0, 0.05) is 38.9 Å². The molecule has 0 saturated carbocycles. The molecule has 2 rings (SSSR count). The summed E-state index contributed by atoms with van der Waals surface area (Å²) in [6.07, 6.45) is 2.05. The third-order valence-corrected chi connectivity index (χ3v) is 4.22. The van der Waals surface area contributed by atoms with E-state index in [4.69, 9.17) is 4.74 Å². The highest BCUT2D eigenvalue weighted by Crippen LogP contribution is 2.20. The molecule has 0 amide bonds. The molecule has 0 aliphatic heterocycles. The van der Waals surface area contributed by atoms with Gasteiger partial charge < -0.3 is 15.0 Å². The Morgan fingerprint density at radius 1 is 1.39 bits per heavy atom. The summed E-state index contributed by atoms with van der Waals surface area (Å²) in [4.78, 5) is 6.72. The summed E-state index contributed by atoms with van der Waals surface area (Å²) in [6, 6.07) is 4.91. The maximum Gasteiger partial charge on any atom is 0.194 e. The van der Waals surface area contributed by atoms with Gasteiger partial charge in [0.25, 0.3) is 0 Å². The first-order chi connectivity index (χ1) is 12.8. The van der Waals surface area contributed by atoms with E-state index in [-0.39, 0.29) is 35.5 Å². The van der Waals surface area contributed by atoms with E-state index >= 15 is 0 Å². The van der Waals surface area contributed by atoms with E-state index in [0.717, 1.165) is 23.8 Å². The van der Waals surface area contributed by atoms with Crippen molar-refractivity contribution in [2.45, 2.75) is 39.8 Å². The number of ether oxygens (including phenoxy) is 1. The van der Waals surface area contributed by atoms with Crippen LogP contribution in [0.3, 0.4) is 0 Å². The molecule has 6 nitrogen and oxygen atoms in total. The molecule has 0 aliphatic rings. The molecule has 0 radical (unpaired) electrons. The number of aryl methyl sites for hydroxylation is 1. The van der Waals surface area contributed by atoms with E-state index in [1.165, 1.54) is 18.7 Å². The van der Waals surface area contributed by atoms with Crippen LogP contribution in [0, 0.1) is 5.82 Å². The fourth-order valence-electron chi connectivity index (χ4n) is 2.94. The second-order valence-electron chi connectivity index (χ2n) is 6.86. The third-order valence-electron chi connectivity index (χ3n) is 4.22. The maximum absolute atomic E-state index is 13.9. The fraction of sp³-hybridized carbons (Fsp3) is 0.500. The Balaban J connectivity index is 0.00000392. The van der Waals surface area contributed by atoms with E-state index in [1.54, 1.807) is 6.07 Å². The van der Waals surface area contributed by atoms with Gasteiger partial charge in [-0.3, -0.25) is 4.68 Å². The van der Waals surface area contributed by atoms with Gasteiger partial charge in [0.1, 0.15) is 0 Å². The Morgan fingerprint density at radius 2 is 2.11 bits per heavy atom. The number of aliphatic imine (C=N–C) groups is 1. The molecule has 0 spiro atoms. The standard InChI is InChI=1S/C20H30FN5O.HI/c1-7-22-20(23-11-15-8-9-18(27-6)17(21)10-15)25(4)12-16-13-26(5)24-19(16)14(2)3;/h8-10,13-14H,7,11-12H2,1-6H3,(H,22,23);1H. The molecule has 8 heteroatoms. The Morgan fingerprint density at radius 3 is 2.68 bits per heavy atom. The summed E-state index contributed by atoms with van der Waals surface area (Å²) in [5, 5.41) is 7.86. The van der Waals surface area contributed by atoms with Gasteiger partial charge in [-0.05, 0) is 30.5 Å². The molecule has 0 atom stereocenters. The van der Waals surface area contributed by atoms with Crippen LogP contribution in [0.4, 0.5) is 4.39 Å². The average molecular weight is 503 g/mol. The maximum atomic E-state index is 13.9. The number of guanidine groups is 1. The van der Waals surface area contributed by atoms with Gasteiger partial charge in [0.15, 0.2) is 17.5 Å². The predicted octanol–water partition coefficient (Wildman–Crippen LogP) is 3.91. The van der Waals surface area contributed by atoms with E-state index in [0.29, 0.717) is 19.0 Å². The minimum atomic E-state index is -0.375. The Kier molecular flexibility index (Phi) is 9.71. The second kappa shape index (κ2) is 11.2. The highest BCUT2D eigenvalue weighted by Gasteiger charge is 2.15. The van der Waals surface area contributed by atoms with Gasteiger partial charge in [0.2, 0.25) is 0 Å². The topological polar surface area (TPSA) is 54.7 Å². The molecule has 1 aromatic carbocycles. The van der Waals surface area contributed by atoms with Crippen molar-refractivity contribution in [2.75, 3.05) is 20.7 Å². The molecule has 1 heterocycles. The number of rotatable bonds is 7. The third kappa shape index (κ3) is 6.35. The van der Waals surface area contributed by atoms with E-state index in [2.05, 4.69) is 34.2 Å². The fourth-order valence-corrected chi connectivity index (χ4v) is 2.94. The van der Waals surface area contributed by atoms with Crippen LogP contribution >= 0.6 is 24.0 Å². The molecule has 0 aliphatic carbocycles. The summed E-state index contributed by atoms with van der Waals surface area (Å²) in [7, 11) is 5.39. The monoisotopic (exact) mass is 503 g/mol. The van der Waals surface area contributed by atoms with Crippen molar-refractivity contribution < 1.29 is 9.13 Å². The lowest BCUT2D eigenvalue weighted by Gasteiger charge is -2.22. The molecular formula is C20H31FIN5O. The molecule has 0 bridgehead atoms. The summed E-state index contributed by atoms with van der Waals surface area (Å²) in [5.74, 6) is 0.994. The van der Waals surface area contributed by atoms with E-state index in [1.807, 2.05) is 38.0 Å². The van der Waals surface area contributed by atoms with E-state index < -0.39 is 0 Å². The Labute approximate surface area is 184 Å². The largest absolute Gasteiger partial charge is 0.494 e. The summed E-state index contributed by atoms with van der Waals surface area (Å²) < 4.78 is 20.7. The van der Waals surface area contributed by atoms with Crippen molar-refractivity contribution in [3.05, 3.63) is 47.0 Å². The zero-order valence-corrected chi connectivity index (χ0v) is 19.8. The molecule has 156 valence electrons. The van der Waals surface area contributed by atoms with Crippen molar-refractivity contribution >= 4 is 29.9 Å². The molecule has 0 unspecified atom stereocenters. The first-order valence-electron chi connectivity index (χ1n) is 9.20. The normalized spacial score (nSPS) is 11.4. The summed E-state index contributed by atoms with van der Waals surface area (Å²) in [5.41, 5.74) is 3.06. The molecule has 0 saturated heterocycles. The first kappa shape index (κ1) is 24.2. The lowest BCUT2D eigenvalue weighted by Crippen LogP contribution is -2.38. The van der Waals surface area contributed by atoms with Crippen molar-refractivity contribution in [1.82, 2.24) is 20.0 Å². The average Bonchev–Trinajstić information content (AvgIpc) is 2.99. The van der Waals surface area contributed by atoms with Gasteiger partial charge in [0.05, 0.1) is 19.3 Å². The van der Waals surface area contributed by atoms with Gasteiger partial charge in [-0.15, -0.1) is 24.0 Å². The summed E-state index contributed by atoms with van der Waals surface area (Å²) in [6.45, 7) is 8.15. The zero-order chi connectivity index (χ0) is 20.0. The lowest BCUT2D eigenvalue weighted by molar-refractivity contribution is 0.386. The van der Waals surface area contributed by atoms with Crippen molar-refractivity contribution in [3.63, 3.8) is 0 Å². The van der Waals surface area contributed by atoms with Crippen LogP contribution in [-0.4, -0.2) is 41.3 Å². The van der Waals surface area contributed by atoms with Gasteiger partial charge in [-0.2, -0.15) is 5.10 Å². The highest BCUT2D eigenvalue weighted by atomic mass is 127. The zero-order valence-electron chi connectivity index (χ0n) is 17.5. The van der Waals surface area contributed by atoms with Crippen LogP contribution in [0.25, 0.3) is 0 Å². The van der Waals surface area contributed by atoms with Crippen LogP contribution in [0.5, 0.6) is 5.75 Å². The SMILES string of the molecule is CCNC(=NCc1ccc(OC)c(F)c1)N(C)Cc1cn(C)nc1C(C)C.I. The number of halogens is 2. The van der Waals surface area contributed by atoms with Gasteiger partial charge >= 0.3 is 0 Å². The Hall–Kier alpha value is -1.84. The number of hydrogen-bond donors (Lipinski definition) is 1. The number of nitrogens with zero attached hydrogens (tertiary/aromatic N) is 4. The minimum absolute atomic E-state index is 0. The number of hydrogen-bond acceptors (Lipinski definition) is 3. The van der Waals surface area contributed by atoms with Crippen molar-refractivity contribution in [2.24, 2.45) is 12.0 Å². The minimum Gasteiger partial charge on any atom is -0.494 e. The van der Waals surface area contributed by atoms with Crippen molar-refractivity contribution in [1.29, 1.82) is 0 Å². The quantitative estimate of drug-likeness (QED) is 0.354. The molecule has 1 aromatic heterocycles. The van der Waals surface area contributed by atoms with Gasteiger partial charge in [-0.25, -0.2) is 9.38 Å². The molecule has 28 heavy (non-hydrogen) atoms. The van der Waals surface area contributed by atoms with Crippen LogP contribution < -0.4 is 10.1 Å². The van der Waals surface area contributed by atoms with Crippen LogP contribution in [-0.2, 0) is 20.1 Å². The molecule has 1 N–H and O–H groups in total. The Bertz CT molecular complexity index is 791. The van der Waals surface area contributed by atoms with Crippen LogP contribution in [0.1, 0.15) is 43.5 Å². The molecule has 2 aromatic rings. The first-order valence-corrected chi connectivity index (χ1v) is 9.20. The predicted molar refractivity (Wildman–Crippen MR) is 122 cm³/mol.